The van der Waals surface area contributed by atoms with Crippen LogP contribution in [0.25, 0.3) is 0 Å². The number of nitrogens with zero attached hydrogens (tertiary/aromatic N) is 5. The van der Waals surface area contributed by atoms with E-state index >= 15 is 0 Å². The van der Waals surface area contributed by atoms with Crippen molar-refractivity contribution in [2.75, 3.05) is 58.2 Å². The Morgan fingerprint density at radius 3 is 2.50 bits per heavy atom. The molecule has 2 aromatic rings. The van der Waals surface area contributed by atoms with Crippen molar-refractivity contribution in [1.82, 2.24) is 24.6 Å². The van der Waals surface area contributed by atoms with Crippen LogP contribution in [0.1, 0.15) is 49.4 Å². The fourth-order valence-corrected chi connectivity index (χ4v) is 6.42. The van der Waals surface area contributed by atoms with E-state index in [1.54, 1.807) is 0 Å². The van der Waals surface area contributed by atoms with Gasteiger partial charge in [-0.15, -0.1) is 10.2 Å². The maximum absolute atomic E-state index is 5.49. The highest BCUT2D eigenvalue weighted by Crippen LogP contribution is 2.31. The van der Waals surface area contributed by atoms with Gasteiger partial charge in [0.15, 0.2) is 5.16 Å². The van der Waals surface area contributed by atoms with E-state index in [9.17, 15) is 0 Å². The third-order valence-corrected chi connectivity index (χ3v) is 8.47. The molecule has 3 aliphatic rings. The molecule has 0 saturated carbocycles. The summed E-state index contributed by atoms with van der Waals surface area (Å²) in [6.45, 7) is 9.36. The number of rotatable bonds is 9. The molecule has 7 heteroatoms. The Morgan fingerprint density at radius 2 is 1.74 bits per heavy atom. The average molecular weight is 482 g/mol. The van der Waals surface area contributed by atoms with Crippen LogP contribution in [0.5, 0.6) is 0 Å². The van der Waals surface area contributed by atoms with Crippen molar-refractivity contribution in [1.29, 1.82) is 0 Å². The zero-order valence-electron chi connectivity index (χ0n) is 20.4. The Morgan fingerprint density at radius 1 is 0.912 bits per heavy atom. The molecule has 0 radical (unpaired) electrons. The van der Waals surface area contributed by atoms with Gasteiger partial charge < -0.3 is 14.2 Å². The molecular formula is C27H39N5OS. The van der Waals surface area contributed by atoms with Gasteiger partial charge in [0, 0.05) is 37.8 Å². The Balaban J connectivity index is 1.22. The number of hydrogen-bond acceptors (Lipinski definition) is 6. The maximum atomic E-state index is 5.49. The van der Waals surface area contributed by atoms with E-state index in [0.717, 1.165) is 56.2 Å². The van der Waals surface area contributed by atoms with E-state index in [2.05, 4.69) is 56.9 Å². The summed E-state index contributed by atoms with van der Waals surface area (Å²) in [7, 11) is 0. The van der Waals surface area contributed by atoms with E-state index in [4.69, 9.17) is 14.9 Å². The second-order valence-corrected chi connectivity index (χ2v) is 11.0. The minimum absolute atomic E-state index is 0.507. The van der Waals surface area contributed by atoms with Gasteiger partial charge in [0.25, 0.3) is 0 Å². The van der Waals surface area contributed by atoms with Gasteiger partial charge in [-0.25, -0.2) is 0 Å². The molecule has 1 aliphatic carbocycles. The quantitative estimate of drug-likeness (QED) is 0.393. The summed E-state index contributed by atoms with van der Waals surface area (Å²) in [4.78, 5) is 5.18. The first-order valence-corrected chi connectivity index (χ1v) is 14.1. The van der Waals surface area contributed by atoms with Gasteiger partial charge in [-0.05, 0) is 56.7 Å². The van der Waals surface area contributed by atoms with Crippen LogP contribution in [0.2, 0.25) is 0 Å². The molecule has 0 unspecified atom stereocenters. The maximum Gasteiger partial charge on any atom is 0.191 e. The summed E-state index contributed by atoms with van der Waals surface area (Å²) in [6.07, 6.45) is 11.0. The summed E-state index contributed by atoms with van der Waals surface area (Å²) in [5.41, 5.74) is 1.32. The molecule has 6 nitrogen and oxygen atoms in total. The van der Waals surface area contributed by atoms with Gasteiger partial charge in [0.1, 0.15) is 5.82 Å². The lowest BCUT2D eigenvalue weighted by atomic mass is 9.91. The van der Waals surface area contributed by atoms with Crippen molar-refractivity contribution < 1.29 is 4.74 Å². The van der Waals surface area contributed by atoms with Crippen molar-refractivity contribution >= 4 is 11.8 Å². The third kappa shape index (κ3) is 6.51. The van der Waals surface area contributed by atoms with Crippen molar-refractivity contribution in [2.24, 2.45) is 5.92 Å². The number of hydrogen-bond donors (Lipinski definition) is 0. The van der Waals surface area contributed by atoms with Gasteiger partial charge in [0.2, 0.25) is 0 Å². The molecular weight excluding hydrogens is 442 g/mol. The minimum atomic E-state index is 0.507. The summed E-state index contributed by atoms with van der Waals surface area (Å²) >= 11 is 1.86. The summed E-state index contributed by atoms with van der Waals surface area (Å²) < 4.78 is 7.90. The van der Waals surface area contributed by atoms with Gasteiger partial charge in [-0.1, -0.05) is 54.2 Å². The van der Waals surface area contributed by atoms with E-state index in [0.29, 0.717) is 5.92 Å². The van der Waals surface area contributed by atoms with Crippen molar-refractivity contribution in [2.45, 2.75) is 49.7 Å². The highest BCUT2D eigenvalue weighted by atomic mass is 32.2. The third-order valence-electron chi connectivity index (χ3n) is 7.52. The molecule has 0 spiro atoms. The average Bonchev–Trinajstić information content (AvgIpc) is 3.28. The molecule has 1 aromatic carbocycles. The number of morpholine rings is 1. The zero-order chi connectivity index (χ0) is 23.0. The van der Waals surface area contributed by atoms with Gasteiger partial charge in [0.05, 0.1) is 19.8 Å². The minimum Gasteiger partial charge on any atom is -0.379 e. The molecule has 3 heterocycles. The molecule has 0 amide bonds. The molecule has 34 heavy (non-hydrogen) atoms. The first-order chi connectivity index (χ1) is 16.8. The number of ether oxygens (including phenoxy) is 1. The zero-order valence-corrected chi connectivity index (χ0v) is 21.2. The van der Waals surface area contributed by atoms with E-state index in [1.165, 1.54) is 63.1 Å². The molecule has 0 N–H and O–H groups in total. The summed E-state index contributed by atoms with van der Waals surface area (Å²) in [5, 5.41) is 10.5. The Bertz CT molecular complexity index is 903. The van der Waals surface area contributed by atoms with Crippen LogP contribution in [0.15, 0.2) is 47.6 Å². The van der Waals surface area contributed by atoms with E-state index < -0.39 is 0 Å². The smallest absolute Gasteiger partial charge is 0.191 e. The standard InChI is InChI=1S/C27H39N5OS/c1-3-7-23(8-4-1)21-31-13-11-25(12-14-31)26-28-29-27(32(26)22-24-9-5-2-6-10-24)34-20-17-30-15-18-33-19-16-30/h1-3,5-6,9-10,23,25H,4,7-8,11-22H2/t23-/m1/s1. The van der Waals surface area contributed by atoms with E-state index in [1.807, 2.05) is 11.8 Å². The highest BCUT2D eigenvalue weighted by molar-refractivity contribution is 7.99. The van der Waals surface area contributed by atoms with Crippen LogP contribution in [0.3, 0.4) is 0 Å². The number of allylic oxidation sites excluding steroid dienone is 2. The highest BCUT2D eigenvalue weighted by Gasteiger charge is 2.27. The van der Waals surface area contributed by atoms with Crippen molar-refractivity contribution in [3.05, 3.63) is 53.9 Å². The first kappa shape index (κ1) is 24.0. The van der Waals surface area contributed by atoms with Crippen LogP contribution in [-0.2, 0) is 11.3 Å². The molecule has 2 aliphatic heterocycles. The van der Waals surface area contributed by atoms with Crippen LogP contribution < -0.4 is 0 Å². The molecule has 2 saturated heterocycles. The fourth-order valence-electron chi connectivity index (χ4n) is 5.48. The number of benzene rings is 1. The van der Waals surface area contributed by atoms with Gasteiger partial charge in [-0.3, -0.25) is 4.90 Å². The van der Waals surface area contributed by atoms with Crippen LogP contribution in [0, 0.1) is 5.92 Å². The number of likely N-dealkylation sites (tertiary alicyclic amines) is 1. The number of thioether (sulfide) groups is 1. The summed E-state index contributed by atoms with van der Waals surface area (Å²) in [6, 6.07) is 10.8. The van der Waals surface area contributed by atoms with Crippen molar-refractivity contribution in [3.63, 3.8) is 0 Å². The lowest BCUT2D eigenvalue weighted by molar-refractivity contribution is 0.0410. The molecule has 0 bridgehead atoms. The Labute approximate surface area is 208 Å². The first-order valence-electron chi connectivity index (χ1n) is 13.1. The van der Waals surface area contributed by atoms with Gasteiger partial charge >= 0.3 is 0 Å². The molecule has 1 aromatic heterocycles. The fraction of sp³-hybridized carbons (Fsp3) is 0.630. The Kier molecular flexibility index (Phi) is 8.73. The monoisotopic (exact) mass is 481 g/mol. The normalized spacial score (nSPS) is 22.9. The Hall–Kier alpha value is -1.67. The van der Waals surface area contributed by atoms with E-state index in [-0.39, 0.29) is 0 Å². The number of aromatic nitrogens is 3. The van der Waals surface area contributed by atoms with Crippen molar-refractivity contribution in [3.8, 4) is 0 Å². The largest absolute Gasteiger partial charge is 0.379 e. The van der Waals surface area contributed by atoms with Gasteiger partial charge in [-0.2, -0.15) is 0 Å². The lowest BCUT2D eigenvalue weighted by Gasteiger charge is -2.34. The lowest BCUT2D eigenvalue weighted by Crippen LogP contribution is -2.37. The second kappa shape index (κ2) is 12.3. The molecule has 184 valence electrons. The molecule has 2 fully saturated rings. The topological polar surface area (TPSA) is 46.4 Å². The SMILES string of the molecule is C1=CC[C@@H](CN2CCC(c3nnc(SCCN4CCOCC4)n3Cc3ccccc3)CC2)CC1. The number of piperidine rings is 1. The predicted octanol–water partition coefficient (Wildman–Crippen LogP) is 4.29. The predicted molar refractivity (Wildman–Crippen MR) is 138 cm³/mol. The van der Waals surface area contributed by atoms with Crippen LogP contribution in [0.4, 0.5) is 0 Å². The second-order valence-electron chi connectivity index (χ2n) is 9.94. The molecule has 5 rings (SSSR count). The van der Waals surface area contributed by atoms with Crippen LogP contribution >= 0.6 is 11.8 Å². The molecule has 1 atom stereocenters. The summed E-state index contributed by atoms with van der Waals surface area (Å²) in [5.74, 6) is 3.59. The van der Waals surface area contributed by atoms with Crippen LogP contribution in [-0.4, -0.2) is 82.8 Å².